The van der Waals surface area contributed by atoms with Gasteiger partial charge in [0.05, 0.1) is 11.5 Å². The van der Waals surface area contributed by atoms with Gasteiger partial charge in [-0.15, -0.1) is 0 Å². The van der Waals surface area contributed by atoms with E-state index in [1.54, 1.807) is 6.92 Å². The van der Waals surface area contributed by atoms with E-state index in [1.807, 2.05) is 36.4 Å². The van der Waals surface area contributed by atoms with Crippen molar-refractivity contribution in [2.75, 3.05) is 19.8 Å². The number of rotatable bonds is 6. The fourth-order valence-electron chi connectivity index (χ4n) is 3.74. The number of likely N-dealkylation sites (tertiary alicyclic amines) is 1. The number of carbonyl (C=O) groups is 1. The molecular weight excluding hydrogens is 327 g/mol. The normalized spacial score (nSPS) is 18.2. The second-order valence-electron chi connectivity index (χ2n) is 7.24. The SMILES string of the molecule is C[C@@H](CF)NC(=O)C1(c2ccccc2)CCN(Cc2ccccc2)CC1. The lowest BCUT2D eigenvalue weighted by molar-refractivity contribution is -0.129. The third kappa shape index (κ3) is 4.13. The van der Waals surface area contributed by atoms with Crippen LogP contribution in [-0.2, 0) is 16.8 Å². The van der Waals surface area contributed by atoms with Gasteiger partial charge in [0, 0.05) is 6.54 Å². The molecule has 1 amide bonds. The van der Waals surface area contributed by atoms with Crippen molar-refractivity contribution in [3.63, 3.8) is 0 Å². The smallest absolute Gasteiger partial charge is 0.231 e. The Morgan fingerprint density at radius 3 is 2.23 bits per heavy atom. The highest BCUT2D eigenvalue weighted by Crippen LogP contribution is 2.36. The number of halogens is 1. The van der Waals surface area contributed by atoms with E-state index in [0.29, 0.717) is 0 Å². The van der Waals surface area contributed by atoms with E-state index in [2.05, 4.69) is 34.5 Å². The molecule has 0 aliphatic carbocycles. The number of alkyl halides is 1. The van der Waals surface area contributed by atoms with Gasteiger partial charge >= 0.3 is 0 Å². The van der Waals surface area contributed by atoms with Crippen molar-refractivity contribution in [1.29, 1.82) is 0 Å². The van der Waals surface area contributed by atoms with Gasteiger partial charge in [-0.3, -0.25) is 9.69 Å². The summed E-state index contributed by atoms with van der Waals surface area (Å²) in [5.74, 6) is -0.0480. The zero-order chi connectivity index (χ0) is 18.4. The van der Waals surface area contributed by atoms with E-state index < -0.39 is 18.1 Å². The Bertz CT molecular complexity index is 697. The van der Waals surface area contributed by atoms with Crippen LogP contribution in [0, 0.1) is 0 Å². The van der Waals surface area contributed by atoms with Crippen LogP contribution >= 0.6 is 0 Å². The van der Waals surface area contributed by atoms with Crippen LogP contribution in [0.4, 0.5) is 4.39 Å². The average molecular weight is 354 g/mol. The van der Waals surface area contributed by atoms with Gasteiger partial charge in [0.1, 0.15) is 6.67 Å². The van der Waals surface area contributed by atoms with E-state index in [0.717, 1.165) is 38.0 Å². The van der Waals surface area contributed by atoms with Crippen LogP contribution < -0.4 is 5.32 Å². The lowest BCUT2D eigenvalue weighted by atomic mass is 9.71. The molecule has 4 heteroatoms. The maximum absolute atomic E-state index is 13.1. The van der Waals surface area contributed by atoms with Gasteiger partial charge in [-0.25, -0.2) is 4.39 Å². The number of carbonyl (C=O) groups excluding carboxylic acids is 1. The van der Waals surface area contributed by atoms with E-state index in [-0.39, 0.29) is 5.91 Å². The molecule has 0 unspecified atom stereocenters. The van der Waals surface area contributed by atoms with E-state index in [9.17, 15) is 9.18 Å². The van der Waals surface area contributed by atoms with Crippen LogP contribution in [0.5, 0.6) is 0 Å². The standard InChI is InChI=1S/C22H27FN2O/c1-18(16-23)24-21(26)22(20-10-6-3-7-11-20)12-14-25(15-13-22)17-19-8-4-2-5-9-19/h2-11,18H,12-17H2,1H3,(H,24,26)/t18-/m0/s1. The summed E-state index contributed by atoms with van der Waals surface area (Å²) in [7, 11) is 0. The number of piperidine rings is 1. The maximum atomic E-state index is 13.1. The van der Waals surface area contributed by atoms with Gasteiger partial charge in [-0.2, -0.15) is 0 Å². The number of hydrogen-bond donors (Lipinski definition) is 1. The Morgan fingerprint density at radius 2 is 1.65 bits per heavy atom. The Morgan fingerprint density at radius 1 is 1.08 bits per heavy atom. The highest BCUT2D eigenvalue weighted by Gasteiger charge is 2.43. The van der Waals surface area contributed by atoms with Gasteiger partial charge in [0.2, 0.25) is 5.91 Å². The maximum Gasteiger partial charge on any atom is 0.231 e. The molecule has 3 rings (SSSR count). The molecule has 3 nitrogen and oxygen atoms in total. The van der Waals surface area contributed by atoms with Crippen molar-refractivity contribution in [3.05, 3.63) is 71.8 Å². The quantitative estimate of drug-likeness (QED) is 0.858. The molecule has 2 aromatic carbocycles. The van der Waals surface area contributed by atoms with Crippen LogP contribution in [0.2, 0.25) is 0 Å². The van der Waals surface area contributed by atoms with Crippen molar-refractivity contribution in [3.8, 4) is 0 Å². The first-order valence-electron chi connectivity index (χ1n) is 9.33. The van der Waals surface area contributed by atoms with E-state index >= 15 is 0 Å². The van der Waals surface area contributed by atoms with Gasteiger partial charge < -0.3 is 5.32 Å². The highest BCUT2D eigenvalue weighted by atomic mass is 19.1. The molecule has 26 heavy (non-hydrogen) atoms. The van der Waals surface area contributed by atoms with E-state index in [1.165, 1.54) is 5.56 Å². The minimum atomic E-state index is -0.572. The molecule has 0 aromatic heterocycles. The first-order valence-corrected chi connectivity index (χ1v) is 9.33. The predicted molar refractivity (Wildman–Crippen MR) is 103 cm³/mol. The first kappa shape index (κ1) is 18.6. The summed E-state index contributed by atoms with van der Waals surface area (Å²) in [6.45, 7) is 3.76. The third-order valence-electron chi connectivity index (χ3n) is 5.33. The molecule has 138 valence electrons. The van der Waals surface area contributed by atoms with Crippen LogP contribution in [0.15, 0.2) is 60.7 Å². The van der Waals surface area contributed by atoms with Crippen LogP contribution in [-0.4, -0.2) is 36.6 Å². The predicted octanol–water partition coefficient (Wildman–Crippen LogP) is 3.69. The monoisotopic (exact) mass is 354 g/mol. The molecule has 0 spiro atoms. The highest BCUT2D eigenvalue weighted by molar-refractivity contribution is 5.88. The molecule has 1 aliphatic heterocycles. The topological polar surface area (TPSA) is 32.3 Å². The number of benzene rings is 2. The molecule has 0 radical (unpaired) electrons. The van der Waals surface area contributed by atoms with Gasteiger partial charge in [0.25, 0.3) is 0 Å². The average Bonchev–Trinajstić information content (AvgIpc) is 2.70. The molecule has 1 N–H and O–H groups in total. The molecular formula is C22H27FN2O. The summed E-state index contributed by atoms with van der Waals surface area (Å²) >= 11 is 0. The first-order chi connectivity index (χ1) is 12.6. The number of nitrogens with zero attached hydrogens (tertiary/aromatic N) is 1. The molecule has 1 aliphatic rings. The summed E-state index contributed by atoms with van der Waals surface area (Å²) in [5.41, 5.74) is 1.75. The lowest BCUT2D eigenvalue weighted by Gasteiger charge is -2.41. The van der Waals surface area contributed by atoms with Crippen LogP contribution in [0.3, 0.4) is 0 Å². The summed E-state index contributed by atoms with van der Waals surface area (Å²) < 4.78 is 12.9. The zero-order valence-electron chi connectivity index (χ0n) is 15.3. The van der Waals surface area contributed by atoms with Crippen molar-refractivity contribution < 1.29 is 9.18 Å². The summed E-state index contributed by atoms with van der Waals surface area (Å²) in [6.07, 6.45) is 1.49. The third-order valence-corrected chi connectivity index (χ3v) is 5.33. The fourth-order valence-corrected chi connectivity index (χ4v) is 3.74. The second-order valence-corrected chi connectivity index (χ2v) is 7.24. The molecule has 1 atom stereocenters. The van der Waals surface area contributed by atoms with Crippen molar-refractivity contribution >= 4 is 5.91 Å². The second kappa shape index (κ2) is 8.45. The summed E-state index contributed by atoms with van der Waals surface area (Å²) in [4.78, 5) is 15.4. The minimum absolute atomic E-state index is 0.0480. The van der Waals surface area contributed by atoms with Crippen molar-refractivity contribution in [2.24, 2.45) is 0 Å². The van der Waals surface area contributed by atoms with Gasteiger partial charge in [0.15, 0.2) is 0 Å². The van der Waals surface area contributed by atoms with Gasteiger partial charge in [-0.05, 0) is 44.0 Å². The molecule has 1 heterocycles. The Balaban J connectivity index is 1.75. The fraction of sp³-hybridized carbons (Fsp3) is 0.409. The van der Waals surface area contributed by atoms with Crippen molar-refractivity contribution in [2.45, 2.75) is 37.8 Å². The number of amides is 1. The molecule has 2 aromatic rings. The summed E-state index contributed by atoms with van der Waals surface area (Å²) in [6, 6.07) is 19.9. The molecule has 1 fully saturated rings. The largest absolute Gasteiger partial charge is 0.350 e. The number of hydrogen-bond acceptors (Lipinski definition) is 2. The van der Waals surface area contributed by atoms with E-state index in [4.69, 9.17) is 0 Å². The summed E-state index contributed by atoms with van der Waals surface area (Å²) in [5, 5.41) is 2.87. The Labute approximate surface area is 155 Å². The molecule has 0 bridgehead atoms. The Kier molecular flexibility index (Phi) is 6.04. The van der Waals surface area contributed by atoms with Crippen LogP contribution in [0.25, 0.3) is 0 Å². The Hall–Kier alpha value is -2.20. The van der Waals surface area contributed by atoms with Crippen molar-refractivity contribution in [1.82, 2.24) is 10.2 Å². The number of nitrogens with one attached hydrogen (secondary N) is 1. The molecule has 0 saturated carbocycles. The molecule has 1 saturated heterocycles. The lowest BCUT2D eigenvalue weighted by Crippen LogP contribution is -2.53. The zero-order valence-corrected chi connectivity index (χ0v) is 15.3. The minimum Gasteiger partial charge on any atom is -0.350 e. The van der Waals surface area contributed by atoms with Gasteiger partial charge in [-0.1, -0.05) is 60.7 Å². The van der Waals surface area contributed by atoms with Crippen LogP contribution in [0.1, 0.15) is 30.9 Å².